The topological polar surface area (TPSA) is 66.6 Å². The van der Waals surface area contributed by atoms with Gasteiger partial charge < -0.3 is 15.0 Å². The zero-order valence-corrected chi connectivity index (χ0v) is 15.4. The molecule has 0 saturated heterocycles. The van der Waals surface area contributed by atoms with Crippen molar-refractivity contribution in [1.82, 2.24) is 5.32 Å². The monoisotopic (exact) mass is 380 g/mol. The quantitative estimate of drug-likeness (QED) is 0.748. The SMILES string of the molecule is COc1ccc(Br)cc1C[NH+](C)CC(=O)N[C@](C)(C#N)C1CC1. The maximum atomic E-state index is 12.2. The van der Waals surface area contributed by atoms with Crippen molar-refractivity contribution in [3.05, 3.63) is 28.2 Å². The fourth-order valence-corrected chi connectivity index (χ4v) is 3.17. The predicted octanol–water partition coefficient (Wildman–Crippen LogP) is 1.28. The molecule has 23 heavy (non-hydrogen) atoms. The van der Waals surface area contributed by atoms with Gasteiger partial charge >= 0.3 is 0 Å². The van der Waals surface area contributed by atoms with Gasteiger partial charge in [-0.1, -0.05) is 15.9 Å². The summed E-state index contributed by atoms with van der Waals surface area (Å²) in [5, 5.41) is 12.2. The largest absolute Gasteiger partial charge is 0.496 e. The van der Waals surface area contributed by atoms with Gasteiger partial charge in [-0.25, -0.2) is 0 Å². The molecule has 1 aromatic rings. The van der Waals surface area contributed by atoms with E-state index in [0.717, 1.165) is 33.5 Å². The van der Waals surface area contributed by atoms with Crippen LogP contribution in [0, 0.1) is 17.2 Å². The van der Waals surface area contributed by atoms with Crippen molar-refractivity contribution in [1.29, 1.82) is 5.26 Å². The summed E-state index contributed by atoms with van der Waals surface area (Å²) < 4.78 is 6.35. The minimum absolute atomic E-state index is 0.0904. The molecule has 1 aliphatic rings. The zero-order valence-electron chi connectivity index (χ0n) is 13.8. The van der Waals surface area contributed by atoms with Gasteiger partial charge in [-0.2, -0.15) is 5.26 Å². The highest BCUT2D eigenvalue weighted by Gasteiger charge is 2.43. The molecule has 1 fully saturated rings. The number of benzene rings is 1. The third-order valence-corrected chi connectivity index (χ3v) is 4.72. The highest BCUT2D eigenvalue weighted by atomic mass is 79.9. The van der Waals surface area contributed by atoms with Gasteiger partial charge in [0.15, 0.2) is 6.54 Å². The van der Waals surface area contributed by atoms with Crippen LogP contribution in [0.25, 0.3) is 0 Å². The average molecular weight is 381 g/mol. The van der Waals surface area contributed by atoms with Gasteiger partial charge in [-0.3, -0.25) is 4.79 Å². The molecule has 6 heteroatoms. The van der Waals surface area contributed by atoms with Crippen molar-refractivity contribution in [2.75, 3.05) is 20.7 Å². The summed E-state index contributed by atoms with van der Waals surface area (Å²) in [5.41, 5.74) is 0.308. The second-order valence-corrected chi connectivity index (χ2v) is 7.32. The van der Waals surface area contributed by atoms with Crippen LogP contribution in [-0.4, -0.2) is 32.1 Å². The van der Waals surface area contributed by atoms with E-state index in [-0.39, 0.29) is 5.91 Å². The minimum Gasteiger partial charge on any atom is -0.496 e. The Bertz CT molecular complexity index is 625. The Hall–Kier alpha value is -1.58. The molecular weight excluding hydrogens is 358 g/mol. The molecule has 1 aromatic carbocycles. The molecule has 124 valence electrons. The molecule has 0 aromatic heterocycles. The number of rotatable bonds is 7. The number of carbonyl (C=O) groups is 1. The number of amides is 1. The number of ether oxygens (including phenoxy) is 1. The number of nitriles is 1. The number of nitrogens with zero attached hydrogens (tertiary/aromatic N) is 1. The predicted molar refractivity (Wildman–Crippen MR) is 91.0 cm³/mol. The van der Waals surface area contributed by atoms with E-state index in [2.05, 4.69) is 27.3 Å². The Kier molecular flexibility index (Phi) is 5.66. The molecular formula is C17H23BrN3O2+. The number of hydrogen-bond donors (Lipinski definition) is 2. The van der Waals surface area contributed by atoms with Crippen LogP contribution in [0.3, 0.4) is 0 Å². The van der Waals surface area contributed by atoms with Crippen LogP contribution >= 0.6 is 15.9 Å². The Morgan fingerprint density at radius 1 is 1.57 bits per heavy atom. The summed E-state index contributed by atoms with van der Waals surface area (Å²) >= 11 is 3.46. The fraction of sp³-hybridized carbons (Fsp3) is 0.529. The lowest BCUT2D eigenvalue weighted by atomic mass is 9.98. The summed E-state index contributed by atoms with van der Waals surface area (Å²) in [5.74, 6) is 1.02. The first-order valence-electron chi connectivity index (χ1n) is 7.74. The van der Waals surface area contributed by atoms with E-state index in [0.29, 0.717) is 19.0 Å². The van der Waals surface area contributed by atoms with E-state index in [4.69, 9.17) is 4.74 Å². The van der Waals surface area contributed by atoms with E-state index >= 15 is 0 Å². The van der Waals surface area contributed by atoms with Crippen molar-refractivity contribution in [3.8, 4) is 11.8 Å². The van der Waals surface area contributed by atoms with Crippen LogP contribution in [-0.2, 0) is 11.3 Å². The van der Waals surface area contributed by atoms with Crippen molar-refractivity contribution in [2.24, 2.45) is 5.92 Å². The van der Waals surface area contributed by atoms with Crippen molar-refractivity contribution in [2.45, 2.75) is 31.8 Å². The number of halogens is 1. The summed E-state index contributed by atoms with van der Waals surface area (Å²) in [6.45, 7) is 2.80. The van der Waals surface area contributed by atoms with Gasteiger partial charge in [-0.15, -0.1) is 0 Å². The second kappa shape index (κ2) is 7.33. The standard InChI is InChI=1S/C17H22BrN3O2/c1-17(11-19,13-4-5-13)20-16(22)10-21(2)9-12-8-14(18)6-7-15(12)23-3/h6-8,13H,4-5,9-10H2,1-3H3,(H,20,22)/p+1/t17-/m1/s1. The Labute approximate surface area is 145 Å². The molecule has 0 bridgehead atoms. The Morgan fingerprint density at radius 2 is 2.26 bits per heavy atom. The lowest BCUT2D eigenvalue weighted by Gasteiger charge is -2.24. The zero-order chi connectivity index (χ0) is 17.0. The first-order chi connectivity index (χ1) is 10.9. The maximum absolute atomic E-state index is 12.2. The molecule has 0 heterocycles. The minimum atomic E-state index is -0.731. The lowest BCUT2D eigenvalue weighted by Crippen LogP contribution is -3.09. The normalized spacial score (nSPS) is 17.7. The van der Waals surface area contributed by atoms with E-state index < -0.39 is 5.54 Å². The van der Waals surface area contributed by atoms with Crippen LogP contribution < -0.4 is 15.0 Å². The lowest BCUT2D eigenvalue weighted by molar-refractivity contribution is -0.885. The molecule has 2 atom stereocenters. The van der Waals surface area contributed by atoms with Gasteiger partial charge in [-0.05, 0) is 43.9 Å². The molecule has 1 unspecified atom stereocenters. The molecule has 1 saturated carbocycles. The fourth-order valence-electron chi connectivity index (χ4n) is 2.76. The van der Waals surface area contributed by atoms with Gasteiger partial charge in [0.2, 0.25) is 0 Å². The molecule has 1 aliphatic carbocycles. The van der Waals surface area contributed by atoms with E-state index in [1.165, 1.54) is 0 Å². The Morgan fingerprint density at radius 3 is 2.83 bits per heavy atom. The number of carbonyl (C=O) groups excluding carboxylic acids is 1. The van der Waals surface area contributed by atoms with Crippen molar-refractivity contribution in [3.63, 3.8) is 0 Å². The summed E-state index contributed by atoms with van der Waals surface area (Å²) in [6.07, 6.45) is 2.03. The van der Waals surface area contributed by atoms with Gasteiger partial charge in [0.05, 0.1) is 20.2 Å². The van der Waals surface area contributed by atoms with Crippen molar-refractivity contribution < 1.29 is 14.4 Å². The maximum Gasteiger partial charge on any atom is 0.276 e. The number of nitrogens with one attached hydrogen (secondary N) is 2. The third kappa shape index (κ3) is 4.69. The van der Waals surface area contributed by atoms with Crippen LogP contribution in [0.4, 0.5) is 0 Å². The molecule has 1 amide bonds. The van der Waals surface area contributed by atoms with Gasteiger partial charge in [0, 0.05) is 10.0 Å². The average Bonchev–Trinajstić information content (AvgIpc) is 3.32. The number of hydrogen-bond acceptors (Lipinski definition) is 3. The van der Waals surface area contributed by atoms with E-state index in [1.54, 1.807) is 7.11 Å². The second-order valence-electron chi connectivity index (χ2n) is 6.40. The first-order valence-corrected chi connectivity index (χ1v) is 8.53. The Balaban J connectivity index is 1.94. The van der Waals surface area contributed by atoms with E-state index in [1.807, 2.05) is 32.2 Å². The first kappa shape index (κ1) is 17.8. The highest BCUT2D eigenvalue weighted by Crippen LogP contribution is 2.39. The van der Waals surface area contributed by atoms with Gasteiger partial charge in [0.25, 0.3) is 5.91 Å². The summed E-state index contributed by atoms with van der Waals surface area (Å²) in [4.78, 5) is 13.3. The number of likely N-dealkylation sites (N-methyl/N-ethyl adjacent to an activating group) is 1. The van der Waals surface area contributed by atoms with Crippen LogP contribution in [0.2, 0.25) is 0 Å². The smallest absolute Gasteiger partial charge is 0.276 e. The number of methoxy groups -OCH3 is 1. The molecule has 0 radical (unpaired) electrons. The molecule has 2 rings (SSSR count). The van der Waals surface area contributed by atoms with E-state index in [9.17, 15) is 10.1 Å². The number of quaternary nitrogens is 1. The molecule has 0 aliphatic heterocycles. The van der Waals surface area contributed by atoms with Gasteiger partial charge in [0.1, 0.15) is 17.8 Å². The highest BCUT2D eigenvalue weighted by molar-refractivity contribution is 9.10. The van der Waals surface area contributed by atoms with Crippen LogP contribution in [0.1, 0.15) is 25.3 Å². The summed E-state index contributed by atoms with van der Waals surface area (Å²) in [6, 6.07) is 8.09. The van der Waals surface area contributed by atoms with Crippen LogP contribution in [0.15, 0.2) is 22.7 Å². The third-order valence-electron chi connectivity index (χ3n) is 4.22. The molecule has 2 N–H and O–H groups in total. The van der Waals surface area contributed by atoms with Crippen molar-refractivity contribution >= 4 is 21.8 Å². The van der Waals surface area contributed by atoms with Crippen LogP contribution in [0.5, 0.6) is 5.75 Å². The summed E-state index contributed by atoms with van der Waals surface area (Å²) in [7, 11) is 3.60. The molecule has 5 nitrogen and oxygen atoms in total. The molecule has 0 spiro atoms.